The fourth-order valence-corrected chi connectivity index (χ4v) is 1.57. The molecule has 0 radical (unpaired) electrons. The summed E-state index contributed by atoms with van der Waals surface area (Å²) < 4.78 is 0. The van der Waals surface area contributed by atoms with E-state index in [-0.39, 0.29) is 5.41 Å². The Morgan fingerprint density at radius 1 is 1.50 bits per heavy atom. The molecule has 0 bridgehead atoms. The molecule has 0 aliphatic carbocycles. The second-order valence-corrected chi connectivity index (χ2v) is 5.98. The zero-order valence-electron chi connectivity index (χ0n) is 10.8. The predicted octanol–water partition coefficient (Wildman–Crippen LogP) is 1.88. The van der Waals surface area contributed by atoms with Crippen molar-refractivity contribution in [3.8, 4) is 0 Å². The lowest BCUT2D eigenvalue weighted by Crippen LogP contribution is -2.35. The molecule has 0 spiro atoms. The van der Waals surface area contributed by atoms with Crippen molar-refractivity contribution in [3.63, 3.8) is 0 Å². The highest BCUT2D eigenvalue weighted by Gasteiger charge is 2.22. The van der Waals surface area contributed by atoms with Crippen molar-refractivity contribution in [3.05, 3.63) is 0 Å². The molecule has 0 rings (SSSR count). The summed E-state index contributed by atoms with van der Waals surface area (Å²) >= 11 is 1.88. The lowest BCUT2D eigenvalue weighted by Gasteiger charge is -2.22. The number of hydrogen-bond acceptors (Lipinski definition) is 4. The lowest BCUT2D eigenvalue weighted by molar-refractivity contribution is 0.305. The van der Waals surface area contributed by atoms with E-state index >= 15 is 0 Å². The monoisotopic (exact) mass is 247 g/mol. The number of rotatable bonds is 8. The van der Waals surface area contributed by atoms with E-state index in [1.807, 2.05) is 25.6 Å². The summed E-state index contributed by atoms with van der Waals surface area (Å²) in [5.41, 5.74) is 5.36. The SMILES string of the molecule is CSC(C)CCNCCC(C)(C)C(N)=NO. The summed E-state index contributed by atoms with van der Waals surface area (Å²) in [6.45, 7) is 8.10. The van der Waals surface area contributed by atoms with Gasteiger partial charge in [-0.3, -0.25) is 0 Å². The Morgan fingerprint density at radius 3 is 2.62 bits per heavy atom. The van der Waals surface area contributed by atoms with Gasteiger partial charge in [-0.1, -0.05) is 25.9 Å². The maximum Gasteiger partial charge on any atom is 0.144 e. The first-order valence-electron chi connectivity index (χ1n) is 5.65. The van der Waals surface area contributed by atoms with Gasteiger partial charge >= 0.3 is 0 Å². The van der Waals surface area contributed by atoms with E-state index in [0.717, 1.165) is 19.5 Å². The van der Waals surface area contributed by atoms with Gasteiger partial charge in [0, 0.05) is 10.7 Å². The van der Waals surface area contributed by atoms with E-state index in [4.69, 9.17) is 10.9 Å². The highest BCUT2D eigenvalue weighted by Crippen LogP contribution is 2.19. The van der Waals surface area contributed by atoms with E-state index in [1.54, 1.807) is 0 Å². The van der Waals surface area contributed by atoms with Crippen LogP contribution in [0.3, 0.4) is 0 Å². The molecular weight excluding hydrogens is 222 g/mol. The third-order valence-electron chi connectivity index (χ3n) is 2.86. The van der Waals surface area contributed by atoms with Gasteiger partial charge in [-0.2, -0.15) is 11.8 Å². The molecule has 0 aromatic heterocycles. The van der Waals surface area contributed by atoms with Crippen LogP contribution in [0.5, 0.6) is 0 Å². The number of amidine groups is 1. The van der Waals surface area contributed by atoms with Crippen LogP contribution in [0.2, 0.25) is 0 Å². The predicted molar refractivity (Wildman–Crippen MR) is 72.3 cm³/mol. The minimum Gasteiger partial charge on any atom is -0.409 e. The molecule has 0 heterocycles. The molecular formula is C11H25N3OS. The first-order chi connectivity index (χ1) is 7.44. The normalized spacial score (nSPS) is 15.1. The fourth-order valence-electron chi connectivity index (χ4n) is 1.21. The van der Waals surface area contributed by atoms with Gasteiger partial charge in [0.1, 0.15) is 5.84 Å². The molecule has 0 saturated heterocycles. The molecule has 4 N–H and O–H groups in total. The van der Waals surface area contributed by atoms with Gasteiger partial charge in [0.15, 0.2) is 0 Å². The average molecular weight is 247 g/mol. The highest BCUT2D eigenvalue weighted by molar-refractivity contribution is 7.99. The summed E-state index contributed by atoms with van der Waals surface area (Å²) in [5, 5.41) is 15.8. The van der Waals surface area contributed by atoms with Crippen LogP contribution < -0.4 is 11.1 Å². The fraction of sp³-hybridized carbons (Fsp3) is 0.909. The Morgan fingerprint density at radius 2 is 2.12 bits per heavy atom. The minimum absolute atomic E-state index is 0.243. The largest absolute Gasteiger partial charge is 0.409 e. The smallest absolute Gasteiger partial charge is 0.144 e. The second kappa shape index (κ2) is 7.79. The zero-order chi connectivity index (χ0) is 12.6. The third-order valence-corrected chi connectivity index (χ3v) is 3.90. The number of nitrogens with zero attached hydrogens (tertiary/aromatic N) is 1. The van der Waals surface area contributed by atoms with E-state index in [0.29, 0.717) is 11.1 Å². The summed E-state index contributed by atoms with van der Waals surface area (Å²) in [6, 6.07) is 0. The Labute approximate surface area is 103 Å². The molecule has 0 aromatic carbocycles. The summed E-state index contributed by atoms with van der Waals surface area (Å²) in [7, 11) is 0. The molecule has 0 aliphatic rings. The van der Waals surface area contributed by atoms with E-state index < -0.39 is 0 Å². The first-order valence-corrected chi connectivity index (χ1v) is 6.94. The number of hydrogen-bond donors (Lipinski definition) is 3. The van der Waals surface area contributed by atoms with Crippen LogP contribution in [0.1, 0.15) is 33.6 Å². The Balaban J connectivity index is 3.66. The number of nitrogens with one attached hydrogen (secondary N) is 1. The standard InChI is InChI=1S/C11H25N3OS/c1-9(16-4)5-7-13-8-6-11(2,3)10(12)14-15/h9,13,15H,5-8H2,1-4H3,(H2,12,14). The van der Waals surface area contributed by atoms with Crippen LogP contribution in [-0.4, -0.2) is 35.6 Å². The topological polar surface area (TPSA) is 70.6 Å². The van der Waals surface area contributed by atoms with Crippen molar-refractivity contribution in [1.82, 2.24) is 5.32 Å². The van der Waals surface area contributed by atoms with E-state index in [2.05, 4.69) is 23.7 Å². The molecule has 0 aromatic rings. The highest BCUT2D eigenvalue weighted by atomic mass is 32.2. The van der Waals surface area contributed by atoms with Gasteiger partial charge < -0.3 is 16.3 Å². The molecule has 0 saturated carbocycles. The van der Waals surface area contributed by atoms with Gasteiger partial charge in [-0.05, 0) is 32.2 Å². The number of oxime groups is 1. The van der Waals surface area contributed by atoms with Crippen LogP contribution in [0.25, 0.3) is 0 Å². The summed E-state index contributed by atoms with van der Waals surface area (Å²) in [5.74, 6) is 0.298. The van der Waals surface area contributed by atoms with Gasteiger partial charge in [-0.15, -0.1) is 0 Å². The van der Waals surface area contributed by atoms with Crippen molar-refractivity contribution in [2.75, 3.05) is 19.3 Å². The second-order valence-electron chi connectivity index (χ2n) is 4.70. The number of nitrogens with two attached hydrogens (primary N) is 1. The Bertz CT molecular complexity index is 219. The molecule has 0 aliphatic heterocycles. The first kappa shape index (κ1) is 15.6. The molecule has 1 atom stereocenters. The maximum absolute atomic E-state index is 8.62. The van der Waals surface area contributed by atoms with Crippen molar-refractivity contribution in [2.45, 2.75) is 38.9 Å². The minimum atomic E-state index is -0.243. The third kappa shape index (κ3) is 6.23. The van der Waals surface area contributed by atoms with Gasteiger partial charge in [-0.25, -0.2) is 0 Å². The molecule has 1 unspecified atom stereocenters. The maximum atomic E-state index is 8.62. The van der Waals surface area contributed by atoms with Crippen molar-refractivity contribution >= 4 is 17.6 Å². The van der Waals surface area contributed by atoms with Gasteiger partial charge in [0.05, 0.1) is 0 Å². The van der Waals surface area contributed by atoms with Crippen molar-refractivity contribution in [1.29, 1.82) is 0 Å². The quantitative estimate of drug-likeness (QED) is 0.201. The van der Waals surface area contributed by atoms with E-state index in [1.165, 1.54) is 6.42 Å². The van der Waals surface area contributed by atoms with Crippen molar-refractivity contribution in [2.24, 2.45) is 16.3 Å². The summed E-state index contributed by atoms with van der Waals surface area (Å²) in [4.78, 5) is 0. The number of thioether (sulfide) groups is 1. The van der Waals surface area contributed by atoms with Crippen LogP contribution in [-0.2, 0) is 0 Å². The molecule has 0 fully saturated rings. The van der Waals surface area contributed by atoms with Crippen LogP contribution in [0, 0.1) is 5.41 Å². The van der Waals surface area contributed by atoms with E-state index in [9.17, 15) is 0 Å². The average Bonchev–Trinajstić information content (AvgIpc) is 2.26. The Hall–Kier alpha value is -0.420. The molecule has 5 heteroatoms. The van der Waals surface area contributed by atoms with Crippen LogP contribution in [0.15, 0.2) is 5.16 Å². The molecule has 96 valence electrons. The zero-order valence-corrected chi connectivity index (χ0v) is 11.6. The molecule has 16 heavy (non-hydrogen) atoms. The lowest BCUT2D eigenvalue weighted by atomic mass is 9.88. The Kier molecular flexibility index (Phi) is 7.58. The molecule has 4 nitrogen and oxygen atoms in total. The van der Waals surface area contributed by atoms with Crippen LogP contribution >= 0.6 is 11.8 Å². The summed E-state index contributed by atoms with van der Waals surface area (Å²) in [6.07, 6.45) is 4.17. The van der Waals surface area contributed by atoms with Crippen LogP contribution in [0.4, 0.5) is 0 Å². The van der Waals surface area contributed by atoms with Gasteiger partial charge in [0.2, 0.25) is 0 Å². The van der Waals surface area contributed by atoms with Gasteiger partial charge in [0.25, 0.3) is 0 Å². The van der Waals surface area contributed by atoms with Crippen molar-refractivity contribution < 1.29 is 5.21 Å². The molecule has 0 amide bonds.